The lowest BCUT2D eigenvalue weighted by Gasteiger charge is -1.96. The van der Waals surface area contributed by atoms with E-state index in [-0.39, 0.29) is 0 Å². The molecule has 0 aliphatic rings. The highest BCUT2D eigenvalue weighted by Crippen LogP contribution is 1.99. The fourth-order valence-corrected chi connectivity index (χ4v) is 0.754. The van der Waals surface area contributed by atoms with E-state index in [4.69, 9.17) is 4.84 Å². The number of carbonyl (C=O) groups is 1. The Bertz CT molecular complexity index is 256. The Kier molecular flexibility index (Phi) is 3.57. The van der Waals surface area contributed by atoms with E-state index in [2.05, 4.69) is 5.16 Å². The molecular weight excluding hydrogens is 154 g/mol. The molecule has 0 spiro atoms. The van der Waals surface area contributed by atoms with Gasteiger partial charge in [0.25, 0.3) is 0 Å². The minimum Gasteiger partial charge on any atom is -0.391 e. The van der Waals surface area contributed by atoms with Crippen LogP contribution in [0.5, 0.6) is 0 Å². The summed E-state index contributed by atoms with van der Waals surface area (Å²) in [5, 5.41) is 3.39. The Morgan fingerprint density at radius 2 is 2.08 bits per heavy atom. The molecule has 0 saturated carbocycles. The third-order valence-electron chi connectivity index (χ3n) is 1.27. The van der Waals surface area contributed by atoms with Crippen LogP contribution in [-0.4, -0.2) is 12.5 Å². The second-order valence-corrected chi connectivity index (χ2v) is 2.15. The van der Waals surface area contributed by atoms with Gasteiger partial charge in [0.1, 0.15) is 12.8 Å². The molecule has 0 amide bonds. The van der Waals surface area contributed by atoms with E-state index in [9.17, 15) is 4.79 Å². The van der Waals surface area contributed by atoms with Crippen LogP contribution in [0.4, 0.5) is 0 Å². The molecule has 0 unspecified atom stereocenters. The van der Waals surface area contributed by atoms with Gasteiger partial charge in [-0.3, -0.25) is 4.79 Å². The van der Waals surface area contributed by atoms with Gasteiger partial charge in [0.15, 0.2) is 6.29 Å². The lowest BCUT2D eigenvalue weighted by molar-refractivity contribution is -0.102. The van der Waals surface area contributed by atoms with E-state index < -0.39 is 0 Å². The highest BCUT2D eigenvalue weighted by atomic mass is 16.6. The summed E-state index contributed by atoms with van der Waals surface area (Å²) in [4.78, 5) is 14.6. The second kappa shape index (κ2) is 5.07. The zero-order valence-electron chi connectivity index (χ0n) is 6.51. The molecular formula is C9H9NO2. The van der Waals surface area contributed by atoms with Crippen LogP contribution < -0.4 is 0 Å². The smallest absolute Gasteiger partial charge is 0.164 e. The number of rotatable bonds is 4. The van der Waals surface area contributed by atoms with Crippen molar-refractivity contribution in [1.29, 1.82) is 0 Å². The van der Waals surface area contributed by atoms with Crippen molar-refractivity contribution >= 4 is 12.5 Å². The summed E-state index contributed by atoms with van der Waals surface area (Å²) in [7, 11) is 0. The molecule has 0 N–H and O–H groups in total. The molecule has 0 radical (unpaired) electrons. The number of hydrogen-bond donors (Lipinski definition) is 0. The molecule has 62 valence electrons. The molecule has 0 bridgehead atoms. The summed E-state index contributed by atoms with van der Waals surface area (Å²) < 4.78 is 0. The van der Waals surface area contributed by atoms with Gasteiger partial charge in [-0.25, -0.2) is 0 Å². The van der Waals surface area contributed by atoms with Gasteiger partial charge in [-0.15, -0.1) is 0 Å². The molecule has 0 heterocycles. The Morgan fingerprint density at radius 1 is 1.33 bits per heavy atom. The van der Waals surface area contributed by atoms with E-state index in [1.165, 1.54) is 0 Å². The van der Waals surface area contributed by atoms with Gasteiger partial charge >= 0.3 is 0 Å². The molecule has 0 aromatic heterocycles. The highest BCUT2D eigenvalue weighted by molar-refractivity contribution is 6.12. The average Bonchev–Trinajstić information content (AvgIpc) is 2.14. The minimum absolute atomic E-state index is 0.394. The van der Waals surface area contributed by atoms with Crippen LogP contribution in [-0.2, 0) is 16.2 Å². The topological polar surface area (TPSA) is 38.7 Å². The van der Waals surface area contributed by atoms with Crippen molar-refractivity contribution in [2.75, 3.05) is 0 Å². The Morgan fingerprint density at radius 3 is 2.75 bits per heavy atom. The van der Waals surface area contributed by atoms with Crippen molar-refractivity contribution in [3.63, 3.8) is 0 Å². The minimum atomic E-state index is 0.394. The monoisotopic (exact) mass is 163 g/mol. The van der Waals surface area contributed by atoms with Gasteiger partial charge in [0.05, 0.1) is 0 Å². The third-order valence-corrected chi connectivity index (χ3v) is 1.27. The SMILES string of the molecule is O=CC=NOCc1ccccc1. The van der Waals surface area contributed by atoms with Crippen LogP contribution in [0.25, 0.3) is 0 Å². The molecule has 3 heteroatoms. The first-order valence-electron chi connectivity index (χ1n) is 3.56. The predicted octanol–water partition coefficient (Wildman–Crippen LogP) is 1.39. The number of nitrogens with zero attached hydrogens (tertiary/aromatic N) is 1. The normalized spacial score (nSPS) is 10.0. The number of aldehydes is 1. The van der Waals surface area contributed by atoms with Gasteiger partial charge in [0.2, 0.25) is 0 Å². The fraction of sp³-hybridized carbons (Fsp3) is 0.111. The molecule has 0 aliphatic heterocycles. The number of benzene rings is 1. The van der Waals surface area contributed by atoms with E-state index in [0.29, 0.717) is 12.9 Å². The van der Waals surface area contributed by atoms with Crippen molar-refractivity contribution in [2.24, 2.45) is 5.16 Å². The number of carbonyl (C=O) groups excluding carboxylic acids is 1. The molecule has 0 fully saturated rings. The largest absolute Gasteiger partial charge is 0.391 e. The zero-order valence-corrected chi connectivity index (χ0v) is 6.51. The van der Waals surface area contributed by atoms with E-state index in [1.807, 2.05) is 30.3 Å². The van der Waals surface area contributed by atoms with Crippen LogP contribution in [0.1, 0.15) is 5.56 Å². The summed E-state index contributed by atoms with van der Waals surface area (Å²) in [5.74, 6) is 0. The first kappa shape index (κ1) is 8.46. The van der Waals surface area contributed by atoms with Crippen LogP contribution >= 0.6 is 0 Å². The maximum atomic E-state index is 9.79. The van der Waals surface area contributed by atoms with Crippen molar-refractivity contribution in [1.82, 2.24) is 0 Å². The zero-order chi connectivity index (χ0) is 8.65. The summed E-state index contributed by atoms with van der Waals surface area (Å²) in [5.41, 5.74) is 1.03. The number of hydrogen-bond acceptors (Lipinski definition) is 3. The summed E-state index contributed by atoms with van der Waals surface area (Å²) in [6.45, 7) is 0.394. The molecule has 0 saturated heterocycles. The number of oxime groups is 1. The summed E-state index contributed by atoms with van der Waals surface area (Å²) in [6, 6.07) is 9.62. The Labute approximate surface area is 70.7 Å². The molecule has 1 aromatic carbocycles. The fourth-order valence-electron chi connectivity index (χ4n) is 0.754. The molecule has 0 aliphatic carbocycles. The highest BCUT2D eigenvalue weighted by Gasteiger charge is 1.87. The van der Waals surface area contributed by atoms with Gasteiger partial charge < -0.3 is 4.84 Å². The second-order valence-electron chi connectivity index (χ2n) is 2.15. The van der Waals surface area contributed by atoms with Crippen LogP contribution in [0.2, 0.25) is 0 Å². The molecule has 1 rings (SSSR count). The van der Waals surface area contributed by atoms with Gasteiger partial charge in [-0.1, -0.05) is 35.5 Å². The maximum Gasteiger partial charge on any atom is 0.164 e. The first-order chi connectivity index (χ1) is 5.93. The van der Waals surface area contributed by atoms with E-state index in [0.717, 1.165) is 11.8 Å². The average molecular weight is 163 g/mol. The van der Waals surface area contributed by atoms with Crippen molar-refractivity contribution in [2.45, 2.75) is 6.61 Å². The van der Waals surface area contributed by atoms with Crippen molar-refractivity contribution < 1.29 is 9.63 Å². The molecule has 12 heavy (non-hydrogen) atoms. The van der Waals surface area contributed by atoms with Gasteiger partial charge in [-0.2, -0.15) is 0 Å². The standard InChI is InChI=1S/C9H9NO2/c11-7-6-10-12-8-9-4-2-1-3-5-9/h1-7H,8H2. The summed E-state index contributed by atoms with van der Waals surface area (Å²) in [6.07, 6.45) is 1.65. The van der Waals surface area contributed by atoms with E-state index in [1.54, 1.807) is 0 Å². The summed E-state index contributed by atoms with van der Waals surface area (Å²) >= 11 is 0. The van der Waals surface area contributed by atoms with E-state index >= 15 is 0 Å². The quantitative estimate of drug-likeness (QED) is 0.382. The van der Waals surface area contributed by atoms with Crippen LogP contribution in [0.3, 0.4) is 0 Å². The predicted molar refractivity (Wildman–Crippen MR) is 45.8 cm³/mol. The van der Waals surface area contributed by atoms with Gasteiger partial charge in [0, 0.05) is 0 Å². The Balaban J connectivity index is 2.33. The van der Waals surface area contributed by atoms with Gasteiger partial charge in [-0.05, 0) is 5.56 Å². The molecule has 1 aromatic rings. The van der Waals surface area contributed by atoms with Crippen LogP contribution in [0.15, 0.2) is 35.5 Å². The molecule has 0 atom stereocenters. The first-order valence-corrected chi connectivity index (χ1v) is 3.56. The Hall–Kier alpha value is -1.64. The lowest BCUT2D eigenvalue weighted by Crippen LogP contribution is -1.86. The van der Waals surface area contributed by atoms with Crippen molar-refractivity contribution in [3.8, 4) is 0 Å². The third kappa shape index (κ3) is 2.96. The maximum absolute atomic E-state index is 9.79. The lowest BCUT2D eigenvalue weighted by atomic mass is 10.2. The van der Waals surface area contributed by atoms with Crippen LogP contribution in [0, 0.1) is 0 Å². The molecule has 3 nitrogen and oxygen atoms in total. The van der Waals surface area contributed by atoms with Crippen molar-refractivity contribution in [3.05, 3.63) is 35.9 Å².